The Balaban J connectivity index is 3.26. The van der Waals surface area contributed by atoms with Gasteiger partial charge < -0.3 is 10.0 Å². The largest absolute Gasteiger partial charge is 0.478 e. The summed E-state index contributed by atoms with van der Waals surface area (Å²) >= 11 is 0. The third kappa shape index (κ3) is 3.45. The topological polar surface area (TPSA) is 53.4 Å². The highest BCUT2D eigenvalue weighted by molar-refractivity contribution is 5.95. The van der Waals surface area contributed by atoms with Gasteiger partial charge >= 0.3 is 5.97 Å². The number of carboxylic acids is 1. The quantitative estimate of drug-likeness (QED) is 0.896. The molecule has 0 aliphatic rings. The Morgan fingerprint density at radius 2 is 1.94 bits per heavy atom. The molecule has 0 atom stereocenters. The number of rotatable bonds is 3. The highest BCUT2D eigenvalue weighted by Gasteiger charge is 2.21. The van der Waals surface area contributed by atoms with Gasteiger partial charge in [0.25, 0.3) is 0 Å². The Kier molecular flexibility index (Phi) is 3.99. The van der Waals surface area contributed by atoms with Crippen molar-refractivity contribution in [3.63, 3.8) is 0 Å². The van der Waals surface area contributed by atoms with Crippen molar-refractivity contribution >= 4 is 11.7 Å². The Labute approximate surface area is 109 Å². The number of aromatic carboxylic acids is 1. The highest BCUT2D eigenvalue weighted by atomic mass is 16.4. The van der Waals surface area contributed by atoms with Crippen LogP contribution >= 0.6 is 0 Å². The number of anilines is 1. The molecule has 18 heavy (non-hydrogen) atoms. The van der Waals surface area contributed by atoms with E-state index in [1.54, 1.807) is 6.92 Å². The van der Waals surface area contributed by atoms with E-state index in [4.69, 9.17) is 0 Å². The molecule has 0 aliphatic heterocycles. The molecule has 0 spiro atoms. The molecular weight excluding hydrogens is 228 g/mol. The predicted octanol–water partition coefficient (Wildman–Crippen LogP) is 2.88. The summed E-state index contributed by atoms with van der Waals surface area (Å²) in [5, 5.41) is 9.32. The van der Waals surface area contributed by atoms with Gasteiger partial charge in [0.05, 0.1) is 11.4 Å². The van der Waals surface area contributed by atoms with Crippen LogP contribution in [0.25, 0.3) is 0 Å². The van der Waals surface area contributed by atoms with Crippen LogP contribution in [0, 0.1) is 19.3 Å². The lowest BCUT2D eigenvalue weighted by atomic mass is 9.95. The van der Waals surface area contributed by atoms with Crippen LogP contribution in [-0.2, 0) is 0 Å². The Hall–Kier alpha value is -1.58. The maximum atomic E-state index is 11.4. The molecule has 4 nitrogen and oxygen atoms in total. The van der Waals surface area contributed by atoms with E-state index in [9.17, 15) is 9.90 Å². The molecule has 0 bridgehead atoms. The Bertz CT molecular complexity index is 462. The van der Waals surface area contributed by atoms with E-state index < -0.39 is 5.97 Å². The summed E-state index contributed by atoms with van der Waals surface area (Å²) < 4.78 is 0. The summed E-state index contributed by atoms with van der Waals surface area (Å²) in [5.41, 5.74) is 2.55. The van der Waals surface area contributed by atoms with Crippen molar-refractivity contribution in [1.29, 1.82) is 0 Å². The molecule has 0 amide bonds. The maximum absolute atomic E-state index is 11.4. The van der Waals surface area contributed by atoms with Crippen molar-refractivity contribution in [2.75, 3.05) is 18.5 Å². The fraction of sp³-hybridized carbons (Fsp3) is 0.571. The zero-order valence-electron chi connectivity index (χ0n) is 12.0. The van der Waals surface area contributed by atoms with Crippen molar-refractivity contribution < 1.29 is 9.90 Å². The molecule has 0 radical (unpaired) electrons. The molecule has 1 aromatic heterocycles. The third-order valence-electron chi connectivity index (χ3n) is 2.64. The number of carbonyl (C=O) groups is 1. The first-order valence-electron chi connectivity index (χ1n) is 6.04. The molecular formula is C14H22N2O2. The molecule has 0 fully saturated rings. The number of carboxylic acid groups (broad SMARTS) is 1. The summed E-state index contributed by atoms with van der Waals surface area (Å²) in [5.74, 6) is -0.921. The van der Waals surface area contributed by atoms with Crippen molar-refractivity contribution in [1.82, 2.24) is 4.98 Å². The van der Waals surface area contributed by atoms with Gasteiger partial charge in [0.15, 0.2) is 0 Å². The van der Waals surface area contributed by atoms with Crippen LogP contribution in [0.15, 0.2) is 6.07 Å². The van der Waals surface area contributed by atoms with Gasteiger partial charge in [-0.05, 0) is 25.3 Å². The van der Waals surface area contributed by atoms with Crippen LogP contribution in [0.2, 0.25) is 0 Å². The minimum Gasteiger partial charge on any atom is -0.478 e. The van der Waals surface area contributed by atoms with E-state index in [1.165, 1.54) is 0 Å². The number of aromatic nitrogens is 1. The van der Waals surface area contributed by atoms with Crippen molar-refractivity contribution in [3.8, 4) is 0 Å². The van der Waals surface area contributed by atoms with Crippen LogP contribution in [0.5, 0.6) is 0 Å². The lowest BCUT2D eigenvalue weighted by Crippen LogP contribution is -2.30. The monoisotopic (exact) mass is 250 g/mol. The lowest BCUT2D eigenvalue weighted by molar-refractivity contribution is 0.0696. The number of pyridine rings is 1. The van der Waals surface area contributed by atoms with Crippen LogP contribution in [0.3, 0.4) is 0 Å². The first-order chi connectivity index (χ1) is 8.11. The Morgan fingerprint density at radius 1 is 1.39 bits per heavy atom. The maximum Gasteiger partial charge on any atom is 0.339 e. The third-order valence-corrected chi connectivity index (χ3v) is 2.64. The first kappa shape index (κ1) is 14.5. The summed E-state index contributed by atoms with van der Waals surface area (Å²) in [6.45, 7) is 10.8. The summed E-state index contributed by atoms with van der Waals surface area (Å²) in [6, 6.07) is 1.84. The van der Waals surface area contributed by atoms with Gasteiger partial charge in [-0.15, -0.1) is 0 Å². The zero-order valence-corrected chi connectivity index (χ0v) is 12.0. The van der Waals surface area contributed by atoms with E-state index in [0.29, 0.717) is 11.3 Å². The number of aryl methyl sites for hydroxylation is 2. The van der Waals surface area contributed by atoms with E-state index in [1.807, 2.05) is 24.9 Å². The van der Waals surface area contributed by atoms with E-state index in [-0.39, 0.29) is 5.41 Å². The van der Waals surface area contributed by atoms with E-state index in [0.717, 1.165) is 17.9 Å². The average molecular weight is 250 g/mol. The molecule has 0 aromatic carbocycles. The van der Waals surface area contributed by atoms with Crippen LogP contribution < -0.4 is 4.90 Å². The first-order valence-corrected chi connectivity index (χ1v) is 6.04. The van der Waals surface area contributed by atoms with Gasteiger partial charge in [-0.2, -0.15) is 0 Å². The van der Waals surface area contributed by atoms with Gasteiger partial charge in [-0.3, -0.25) is 4.98 Å². The molecule has 0 unspecified atom stereocenters. The zero-order chi connectivity index (χ0) is 14.1. The molecule has 100 valence electrons. The smallest absolute Gasteiger partial charge is 0.339 e. The molecule has 1 rings (SSSR count). The Morgan fingerprint density at radius 3 is 2.39 bits per heavy atom. The van der Waals surface area contributed by atoms with Crippen LogP contribution in [0.1, 0.15) is 42.5 Å². The standard InChI is InChI=1S/C14H22N2O2/c1-9-7-11(16(6)8-14(3,4)5)12(13(17)18)10(2)15-9/h7H,8H2,1-6H3,(H,17,18). The van der Waals surface area contributed by atoms with Gasteiger partial charge in [-0.1, -0.05) is 20.8 Å². The summed E-state index contributed by atoms with van der Waals surface area (Å²) in [7, 11) is 1.92. The highest BCUT2D eigenvalue weighted by Crippen LogP contribution is 2.26. The molecule has 0 aliphatic carbocycles. The van der Waals surface area contributed by atoms with Gasteiger partial charge in [0, 0.05) is 19.3 Å². The number of nitrogens with zero attached hydrogens (tertiary/aromatic N) is 2. The van der Waals surface area contributed by atoms with E-state index >= 15 is 0 Å². The molecule has 1 N–H and O–H groups in total. The SMILES string of the molecule is Cc1cc(N(C)CC(C)(C)C)c(C(=O)O)c(C)n1. The normalized spacial score (nSPS) is 11.4. The van der Waals surface area contributed by atoms with E-state index in [2.05, 4.69) is 25.8 Å². The number of hydrogen-bond donors (Lipinski definition) is 1. The molecule has 1 aromatic rings. The van der Waals surface area contributed by atoms with Gasteiger partial charge in [0.1, 0.15) is 5.56 Å². The number of hydrogen-bond acceptors (Lipinski definition) is 3. The predicted molar refractivity (Wildman–Crippen MR) is 73.4 cm³/mol. The second-order valence-electron chi connectivity index (χ2n) is 5.97. The van der Waals surface area contributed by atoms with Gasteiger partial charge in [-0.25, -0.2) is 4.79 Å². The fourth-order valence-corrected chi connectivity index (χ4v) is 2.17. The second kappa shape index (κ2) is 4.96. The van der Waals surface area contributed by atoms with Crippen LogP contribution in [-0.4, -0.2) is 29.7 Å². The summed E-state index contributed by atoms with van der Waals surface area (Å²) in [4.78, 5) is 17.6. The minimum atomic E-state index is -0.921. The summed E-state index contributed by atoms with van der Waals surface area (Å²) in [6.07, 6.45) is 0. The molecule has 1 heterocycles. The van der Waals surface area contributed by atoms with Crippen molar-refractivity contribution in [2.24, 2.45) is 5.41 Å². The lowest BCUT2D eigenvalue weighted by Gasteiger charge is -2.29. The van der Waals surface area contributed by atoms with Gasteiger partial charge in [0.2, 0.25) is 0 Å². The molecule has 4 heteroatoms. The minimum absolute atomic E-state index is 0.107. The fourth-order valence-electron chi connectivity index (χ4n) is 2.17. The molecule has 0 saturated carbocycles. The van der Waals surface area contributed by atoms with Crippen molar-refractivity contribution in [2.45, 2.75) is 34.6 Å². The average Bonchev–Trinajstić information content (AvgIpc) is 2.12. The second-order valence-corrected chi connectivity index (χ2v) is 5.97. The molecule has 0 saturated heterocycles. The van der Waals surface area contributed by atoms with Crippen molar-refractivity contribution in [3.05, 3.63) is 23.0 Å². The van der Waals surface area contributed by atoms with Crippen LogP contribution in [0.4, 0.5) is 5.69 Å².